The Hall–Kier alpha value is -0.730. The van der Waals surface area contributed by atoms with Gasteiger partial charge in [0.15, 0.2) is 0 Å². The van der Waals surface area contributed by atoms with E-state index < -0.39 is 24.0 Å². The molecule has 0 spiro atoms. The fraction of sp³-hybridized carbons (Fsp3) is 0.833. The minimum absolute atomic E-state index is 0. The van der Waals surface area contributed by atoms with Crippen LogP contribution < -0.4 is 22.9 Å². The van der Waals surface area contributed by atoms with Crippen molar-refractivity contribution in [3.63, 3.8) is 0 Å². The SMILES string of the molecule is Cl.NCCCC[C@H](N)C(=O)OC(=O)[C@@H](N)CCCCN. The van der Waals surface area contributed by atoms with Gasteiger partial charge in [-0.2, -0.15) is 0 Å². The predicted molar refractivity (Wildman–Crippen MR) is 80.1 cm³/mol. The van der Waals surface area contributed by atoms with Crippen molar-refractivity contribution < 1.29 is 14.3 Å². The summed E-state index contributed by atoms with van der Waals surface area (Å²) >= 11 is 0. The van der Waals surface area contributed by atoms with Gasteiger partial charge in [0.1, 0.15) is 12.1 Å². The van der Waals surface area contributed by atoms with E-state index in [4.69, 9.17) is 22.9 Å². The molecular formula is C12H27ClN4O3. The first kappa shape index (κ1) is 21.6. The van der Waals surface area contributed by atoms with E-state index in [2.05, 4.69) is 4.74 Å². The highest BCUT2D eigenvalue weighted by Crippen LogP contribution is 2.03. The molecule has 2 atom stereocenters. The largest absolute Gasteiger partial charge is 0.391 e. The van der Waals surface area contributed by atoms with Gasteiger partial charge < -0.3 is 27.7 Å². The molecule has 20 heavy (non-hydrogen) atoms. The Labute approximate surface area is 126 Å². The zero-order valence-electron chi connectivity index (χ0n) is 11.8. The number of carbonyl (C=O) groups is 2. The monoisotopic (exact) mass is 310 g/mol. The summed E-state index contributed by atoms with van der Waals surface area (Å²) in [6, 6.07) is -1.60. The van der Waals surface area contributed by atoms with Gasteiger partial charge in [-0.1, -0.05) is 12.8 Å². The minimum Gasteiger partial charge on any atom is -0.391 e. The average Bonchev–Trinajstić information content (AvgIpc) is 2.38. The van der Waals surface area contributed by atoms with Gasteiger partial charge in [-0.05, 0) is 38.8 Å². The van der Waals surface area contributed by atoms with Crippen LogP contribution in [0.2, 0.25) is 0 Å². The van der Waals surface area contributed by atoms with E-state index in [9.17, 15) is 9.59 Å². The molecule has 0 unspecified atom stereocenters. The first-order chi connectivity index (χ1) is 9.02. The minimum atomic E-state index is -0.799. The van der Waals surface area contributed by atoms with Crippen molar-refractivity contribution in [2.45, 2.75) is 50.6 Å². The summed E-state index contributed by atoms with van der Waals surface area (Å²) in [7, 11) is 0. The molecule has 0 aromatic rings. The van der Waals surface area contributed by atoms with E-state index in [1.165, 1.54) is 0 Å². The molecule has 0 rings (SSSR count). The molecule has 0 radical (unpaired) electrons. The number of halogens is 1. The van der Waals surface area contributed by atoms with Gasteiger partial charge in [0.05, 0.1) is 0 Å². The summed E-state index contributed by atoms with van der Waals surface area (Å²) in [5.41, 5.74) is 21.9. The van der Waals surface area contributed by atoms with Crippen LogP contribution in [0.1, 0.15) is 38.5 Å². The molecule has 0 fully saturated rings. The lowest BCUT2D eigenvalue weighted by Gasteiger charge is -2.13. The summed E-state index contributed by atoms with van der Waals surface area (Å²) in [6.07, 6.45) is 3.92. The Kier molecular flexibility index (Phi) is 14.3. The lowest BCUT2D eigenvalue weighted by molar-refractivity contribution is -0.161. The number of unbranched alkanes of at least 4 members (excludes halogenated alkanes) is 2. The fourth-order valence-electron chi connectivity index (χ4n) is 1.50. The number of rotatable bonds is 10. The number of carbonyl (C=O) groups excluding carboxylic acids is 2. The van der Waals surface area contributed by atoms with Crippen molar-refractivity contribution in [2.75, 3.05) is 13.1 Å². The average molecular weight is 311 g/mol. The second-order valence-electron chi connectivity index (χ2n) is 4.52. The highest BCUT2D eigenvalue weighted by molar-refractivity contribution is 5.90. The quantitative estimate of drug-likeness (QED) is 0.239. The second-order valence-corrected chi connectivity index (χ2v) is 4.52. The van der Waals surface area contributed by atoms with Gasteiger partial charge in [0, 0.05) is 0 Å². The molecule has 0 aliphatic rings. The maximum Gasteiger partial charge on any atom is 0.330 e. The summed E-state index contributed by atoms with van der Waals surface area (Å²) in [4.78, 5) is 23.0. The van der Waals surface area contributed by atoms with Crippen molar-refractivity contribution in [3.05, 3.63) is 0 Å². The number of ether oxygens (including phenoxy) is 1. The number of hydrogen-bond donors (Lipinski definition) is 4. The van der Waals surface area contributed by atoms with Crippen molar-refractivity contribution in [2.24, 2.45) is 22.9 Å². The van der Waals surface area contributed by atoms with Crippen molar-refractivity contribution in [1.82, 2.24) is 0 Å². The second kappa shape index (κ2) is 13.3. The van der Waals surface area contributed by atoms with Crippen LogP contribution in [0.25, 0.3) is 0 Å². The Morgan fingerprint density at radius 3 is 1.45 bits per heavy atom. The summed E-state index contributed by atoms with van der Waals surface area (Å²) in [5.74, 6) is -1.45. The Morgan fingerprint density at radius 1 is 0.800 bits per heavy atom. The Balaban J connectivity index is 0. The summed E-state index contributed by atoms with van der Waals surface area (Å²) in [5, 5.41) is 0. The molecule has 8 heteroatoms. The van der Waals surface area contributed by atoms with E-state index in [1.54, 1.807) is 0 Å². The molecule has 0 bridgehead atoms. The van der Waals surface area contributed by atoms with E-state index in [-0.39, 0.29) is 12.4 Å². The van der Waals surface area contributed by atoms with Crippen LogP contribution >= 0.6 is 12.4 Å². The van der Waals surface area contributed by atoms with Crippen LogP contribution in [-0.4, -0.2) is 37.1 Å². The third-order valence-corrected chi connectivity index (χ3v) is 2.75. The molecule has 0 aliphatic carbocycles. The number of hydrogen-bond acceptors (Lipinski definition) is 7. The lowest BCUT2D eigenvalue weighted by atomic mass is 10.1. The van der Waals surface area contributed by atoms with Crippen molar-refractivity contribution in [1.29, 1.82) is 0 Å². The van der Waals surface area contributed by atoms with Crippen LogP contribution in [0.3, 0.4) is 0 Å². The Morgan fingerprint density at radius 2 is 1.15 bits per heavy atom. The molecule has 0 saturated carbocycles. The standard InChI is InChI=1S/C12H26N4O3.ClH/c13-7-3-1-5-9(15)11(17)19-12(18)10(16)6-2-4-8-14;/h9-10H,1-8,13-16H2;1H/t9-,10-;/m0./s1. The van der Waals surface area contributed by atoms with Crippen molar-refractivity contribution in [3.8, 4) is 0 Å². The molecule has 0 saturated heterocycles. The van der Waals surface area contributed by atoms with E-state index in [0.29, 0.717) is 25.9 Å². The molecule has 0 aliphatic heterocycles. The van der Waals surface area contributed by atoms with Gasteiger partial charge in [-0.3, -0.25) is 0 Å². The maximum absolute atomic E-state index is 11.5. The molecule has 0 heterocycles. The predicted octanol–water partition coefficient (Wildman–Crippen LogP) is -0.609. The van der Waals surface area contributed by atoms with Gasteiger partial charge in [-0.15, -0.1) is 12.4 Å². The summed E-state index contributed by atoms with van der Waals surface area (Å²) in [6.45, 7) is 1.10. The molecular weight excluding hydrogens is 284 g/mol. The van der Waals surface area contributed by atoms with Crippen LogP contribution in [0, 0.1) is 0 Å². The van der Waals surface area contributed by atoms with E-state index in [0.717, 1.165) is 25.7 Å². The zero-order chi connectivity index (χ0) is 14.7. The van der Waals surface area contributed by atoms with Crippen LogP contribution in [0.15, 0.2) is 0 Å². The topological polar surface area (TPSA) is 147 Å². The van der Waals surface area contributed by atoms with Gasteiger partial charge in [-0.25, -0.2) is 9.59 Å². The smallest absolute Gasteiger partial charge is 0.330 e. The normalized spacial score (nSPS) is 13.2. The molecule has 0 aromatic heterocycles. The molecule has 0 amide bonds. The number of nitrogens with two attached hydrogens (primary N) is 4. The molecule has 8 N–H and O–H groups in total. The molecule has 120 valence electrons. The first-order valence-electron chi connectivity index (χ1n) is 6.69. The third-order valence-electron chi connectivity index (χ3n) is 2.75. The highest BCUT2D eigenvalue weighted by atomic mass is 35.5. The Bertz CT molecular complexity index is 253. The third kappa shape index (κ3) is 10.1. The van der Waals surface area contributed by atoms with Crippen LogP contribution in [-0.2, 0) is 14.3 Å². The van der Waals surface area contributed by atoms with Crippen molar-refractivity contribution >= 4 is 24.3 Å². The summed E-state index contributed by atoms with van der Waals surface area (Å²) < 4.78 is 4.64. The van der Waals surface area contributed by atoms with E-state index in [1.807, 2.05) is 0 Å². The van der Waals surface area contributed by atoms with Gasteiger partial charge in [0.2, 0.25) is 0 Å². The van der Waals surface area contributed by atoms with Crippen LogP contribution in [0.5, 0.6) is 0 Å². The zero-order valence-corrected chi connectivity index (χ0v) is 12.6. The maximum atomic E-state index is 11.5. The molecule has 7 nitrogen and oxygen atoms in total. The highest BCUT2D eigenvalue weighted by Gasteiger charge is 2.22. The lowest BCUT2D eigenvalue weighted by Crippen LogP contribution is -2.39. The van der Waals surface area contributed by atoms with Gasteiger partial charge in [0.25, 0.3) is 0 Å². The van der Waals surface area contributed by atoms with Crippen LogP contribution in [0.4, 0.5) is 0 Å². The first-order valence-corrected chi connectivity index (χ1v) is 6.69. The fourth-order valence-corrected chi connectivity index (χ4v) is 1.50. The van der Waals surface area contributed by atoms with Gasteiger partial charge >= 0.3 is 11.9 Å². The number of esters is 2. The van der Waals surface area contributed by atoms with E-state index >= 15 is 0 Å². The molecule has 0 aromatic carbocycles.